The third-order valence-corrected chi connectivity index (χ3v) is 8.15. The lowest BCUT2D eigenvalue weighted by molar-refractivity contribution is 0.0955. The van der Waals surface area contributed by atoms with Gasteiger partial charge in [0.25, 0.3) is 15.9 Å². The number of pyridine rings is 1. The predicted octanol–water partition coefficient (Wildman–Crippen LogP) is 4.45. The molecule has 0 saturated heterocycles. The lowest BCUT2D eigenvalue weighted by atomic mass is 10.2. The number of methoxy groups -OCH3 is 1. The van der Waals surface area contributed by atoms with Crippen molar-refractivity contribution in [2.75, 3.05) is 18.0 Å². The summed E-state index contributed by atoms with van der Waals surface area (Å²) < 4.78 is 33.9. The third-order valence-electron chi connectivity index (χ3n) is 5.12. The van der Waals surface area contributed by atoms with E-state index in [1.54, 1.807) is 49.6 Å². The Morgan fingerprint density at radius 3 is 2.58 bits per heavy atom. The van der Waals surface area contributed by atoms with Crippen LogP contribution in [0.2, 0.25) is 0 Å². The van der Waals surface area contributed by atoms with Crippen molar-refractivity contribution in [3.8, 4) is 5.75 Å². The maximum atomic E-state index is 13.3. The maximum absolute atomic E-state index is 13.3. The molecule has 4 rings (SSSR count). The van der Waals surface area contributed by atoms with Gasteiger partial charge in [-0.05, 0) is 72.5 Å². The summed E-state index contributed by atoms with van der Waals surface area (Å²) in [7, 11) is -2.22. The molecule has 0 saturated carbocycles. The molecule has 4 aromatic rings. The second kappa shape index (κ2) is 9.60. The van der Waals surface area contributed by atoms with Gasteiger partial charge in [-0.3, -0.25) is 14.1 Å². The Balaban J connectivity index is 1.58. The van der Waals surface area contributed by atoms with Crippen molar-refractivity contribution >= 4 is 43.0 Å². The largest absolute Gasteiger partial charge is 0.497 e. The zero-order valence-corrected chi connectivity index (χ0v) is 19.8. The van der Waals surface area contributed by atoms with Gasteiger partial charge in [-0.1, -0.05) is 6.07 Å². The maximum Gasteiger partial charge on any atom is 0.264 e. The lowest BCUT2D eigenvalue weighted by Crippen LogP contribution is -2.30. The summed E-state index contributed by atoms with van der Waals surface area (Å²) in [5, 5.41) is 3.71. The van der Waals surface area contributed by atoms with E-state index in [2.05, 4.69) is 10.3 Å². The Hall–Kier alpha value is -3.43. The van der Waals surface area contributed by atoms with Crippen molar-refractivity contribution in [3.63, 3.8) is 0 Å². The molecule has 1 N–H and O–H groups in total. The molecule has 9 heteroatoms. The predicted molar refractivity (Wildman–Crippen MR) is 130 cm³/mol. The van der Waals surface area contributed by atoms with Crippen molar-refractivity contribution in [3.05, 3.63) is 83.5 Å². The van der Waals surface area contributed by atoms with Crippen molar-refractivity contribution in [1.29, 1.82) is 0 Å². The van der Waals surface area contributed by atoms with Crippen LogP contribution in [0.1, 0.15) is 22.2 Å². The van der Waals surface area contributed by atoms with Crippen LogP contribution >= 0.6 is 11.3 Å². The van der Waals surface area contributed by atoms with Gasteiger partial charge in [0, 0.05) is 30.2 Å². The first-order chi connectivity index (χ1) is 15.9. The van der Waals surface area contributed by atoms with Crippen LogP contribution in [0.4, 0.5) is 5.69 Å². The van der Waals surface area contributed by atoms with Gasteiger partial charge in [-0.2, -0.15) is 0 Å². The molecule has 0 aliphatic rings. The number of aromatic nitrogens is 1. The molecule has 0 radical (unpaired) electrons. The van der Waals surface area contributed by atoms with Crippen LogP contribution in [0.3, 0.4) is 0 Å². The standard InChI is InChI=1S/C24H23N3O4S2/c1-3-27(33(29,30)21-9-7-20(31-2)8-10-21)19-6-11-22-18(13-19)14-23(32-22)24(28)26-16-17-5-4-12-25-15-17/h4-15H,3,16H2,1-2H3,(H,26,28). The van der Waals surface area contributed by atoms with Crippen LogP contribution in [0.25, 0.3) is 10.1 Å². The Morgan fingerprint density at radius 1 is 1.12 bits per heavy atom. The fourth-order valence-electron chi connectivity index (χ4n) is 3.44. The summed E-state index contributed by atoms with van der Waals surface area (Å²) in [5.74, 6) is 0.408. The molecule has 0 aliphatic heterocycles. The molecule has 0 spiro atoms. The molecular formula is C24H23N3O4S2. The molecule has 0 atom stereocenters. The molecule has 2 aromatic carbocycles. The van der Waals surface area contributed by atoms with Crippen LogP contribution in [0, 0.1) is 0 Å². The average Bonchev–Trinajstić information content (AvgIpc) is 3.27. The fraction of sp³-hybridized carbons (Fsp3) is 0.167. The highest BCUT2D eigenvalue weighted by atomic mass is 32.2. The van der Waals surface area contributed by atoms with Crippen LogP contribution in [0.15, 0.2) is 78.0 Å². The van der Waals surface area contributed by atoms with E-state index in [0.717, 1.165) is 15.6 Å². The van der Waals surface area contributed by atoms with Gasteiger partial charge in [0.05, 0.1) is 22.6 Å². The van der Waals surface area contributed by atoms with Gasteiger partial charge in [0.1, 0.15) is 5.75 Å². The minimum atomic E-state index is -3.75. The summed E-state index contributed by atoms with van der Waals surface area (Å²) >= 11 is 1.37. The van der Waals surface area contributed by atoms with Gasteiger partial charge < -0.3 is 10.1 Å². The minimum Gasteiger partial charge on any atom is -0.497 e. The number of carbonyl (C=O) groups is 1. The smallest absolute Gasteiger partial charge is 0.264 e. The van der Waals surface area contributed by atoms with E-state index in [9.17, 15) is 13.2 Å². The third kappa shape index (κ3) is 4.84. The number of ether oxygens (including phenoxy) is 1. The van der Waals surface area contributed by atoms with E-state index in [1.165, 1.54) is 34.9 Å². The molecule has 0 aliphatic carbocycles. The molecule has 2 heterocycles. The number of hydrogen-bond acceptors (Lipinski definition) is 6. The van der Waals surface area contributed by atoms with Crippen LogP contribution in [-0.4, -0.2) is 33.0 Å². The number of anilines is 1. The highest BCUT2D eigenvalue weighted by Gasteiger charge is 2.24. The summed E-state index contributed by atoms with van der Waals surface area (Å²) in [6, 6.07) is 17.2. The minimum absolute atomic E-state index is 0.181. The first-order valence-electron chi connectivity index (χ1n) is 10.3. The lowest BCUT2D eigenvalue weighted by Gasteiger charge is -2.23. The van der Waals surface area contributed by atoms with Gasteiger partial charge in [-0.15, -0.1) is 11.3 Å². The van der Waals surface area contributed by atoms with E-state index >= 15 is 0 Å². The van der Waals surface area contributed by atoms with Gasteiger partial charge in [-0.25, -0.2) is 8.42 Å². The second-order valence-corrected chi connectivity index (χ2v) is 10.2. The number of hydrogen-bond donors (Lipinski definition) is 1. The molecule has 0 bridgehead atoms. The molecule has 2 aromatic heterocycles. The van der Waals surface area contributed by atoms with Crippen LogP contribution in [-0.2, 0) is 16.6 Å². The molecule has 1 amide bonds. The molecule has 0 fully saturated rings. The summed E-state index contributed by atoms with van der Waals surface area (Å²) in [6.45, 7) is 2.44. The zero-order chi connectivity index (χ0) is 23.4. The Labute approximate surface area is 196 Å². The van der Waals surface area contributed by atoms with E-state index in [0.29, 0.717) is 22.9 Å². The molecule has 33 heavy (non-hydrogen) atoms. The number of sulfonamides is 1. The highest BCUT2D eigenvalue weighted by Crippen LogP contribution is 2.32. The monoisotopic (exact) mass is 481 g/mol. The average molecular weight is 482 g/mol. The first-order valence-corrected chi connectivity index (χ1v) is 12.6. The Kier molecular flexibility index (Phi) is 6.62. The number of amides is 1. The van der Waals surface area contributed by atoms with Gasteiger partial charge >= 0.3 is 0 Å². The van der Waals surface area contributed by atoms with Crippen molar-refractivity contribution in [2.45, 2.75) is 18.4 Å². The number of nitrogens with one attached hydrogen (secondary N) is 1. The SMILES string of the molecule is CCN(c1ccc2sc(C(=O)NCc3cccnc3)cc2c1)S(=O)(=O)c1ccc(OC)cc1. The van der Waals surface area contributed by atoms with E-state index < -0.39 is 10.0 Å². The van der Waals surface area contributed by atoms with E-state index in [1.807, 2.05) is 18.2 Å². The Morgan fingerprint density at radius 2 is 1.91 bits per heavy atom. The number of carbonyl (C=O) groups excluding carboxylic acids is 1. The summed E-state index contributed by atoms with van der Waals surface area (Å²) in [4.78, 5) is 17.4. The van der Waals surface area contributed by atoms with Gasteiger partial charge in [0.2, 0.25) is 0 Å². The van der Waals surface area contributed by atoms with E-state index in [4.69, 9.17) is 4.74 Å². The number of rotatable bonds is 8. The van der Waals surface area contributed by atoms with Gasteiger partial charge in [0.15, 0.2) is 0 Å². The normalized spacial score (nSPS) is 11.3. The number of nitrogens with zero attached hydrogens (tertiary/aromatic N) is 2. The topological polar surface area (TPSA) is 88.6 Å². The zero-order valence-electron chi connectivity index (χ0n) is 18.2. The van der Waals surface area contributed by atoms with E-state index in [-0.39, 0.29) is 17.3 Å². The van der Waals surface area contributed by atoms with Crippen molar-refractivity contribution in [2.24, 2.45) is 0 Å². The van der Waals surface area contributed by atoms with Crippen LogP contribution in [0.5, 0.6) is 5.75 Å². The number of thiophene rings is 1. The second-order valence-electron chi connectivity index (χ2n) is 7.22. The summed E-state index contributed by atoms with van der Waals surface area (Å²) in [5.41, 5.74) is 1.46. The fourth-order valence-corrected chi connectivity index (χ4v) is 5.86. The first kappa shape index (κ1) is 22.8. The molecule has 7 nitrogen and oxygen atoms in total. The van der Waals surface area contributed by atoms with Crippen molar-refractivity contribution in [1.82, 2.24) is 10.3 Å². The molecule has 0 unspecified atom stereocenters. The quantitative estimate of drug-likeness (QED) is 0.402. The Bertz CT molecular complexity index is 1370. The van der Waals surface area contributed by atoms with Crippen molar-refractivity contribution < 1.29 is 17.9 Å². The number of benzene rings is 2. The molecular weight excluding hydrogens is 458 g/mol. The van der Waals surface area contributed by atoms with Crippen LogP contribution < -0.4 is 14.4 Å². The molecule has 170 valence electrons. The highest BCUT2D eigenvalue weighted by molar-refractivity contribution is 7.92. The summed E-state index contributed by atoms with van der Waals surface area (Å²) in [6.07, 6.45) is 3.39. The number of fused-ring (bicyclic) bond motifs is 1.